The van der Waals surface area contributed by atoms with Crippen molar-refractivity contribution >= 4 is 17.2 Å². The lowest BCUT2D eigenvalue weighted by molar-refractivity contribution is 0.287. The molecule has 0 unspecified atom stereocenters. The van der Waals surface area contributed by atoms with Crippen LogP contribution in [0.2, 0.25) is 0 Å². The second-order valence-corrected chi connectivity index (χ2v) is 7.04. The lowest BCUT2D eigenvalue weighted by Gasteiger charge is -2.14. The predicted molar refractivity (Wildman–Crippen MR) is 128 cm³/mol. The number of rotatable bonds is 8. The Kier molecular flexibility index (Phi) is 6.70. The van der Waals surface area contributed by atoms with E-state index in [2.05, 4.69) is 5.43 Å². The molecule has 164 valence electrons. The van der Waals surface area contributed by atoms with Crippen LogP contribution in [0, 0.1) is 0 Å². The molecule has 0 aliphatic carbocycles. The quantitative estimate of drug-likeness (QED) is 0.527. The molecular formula is C26H27N3O3. The lowest BCUT2D eigenvalue weighted by atomic mass is 10.00. The molecule has 0 saturated heterocycles. The van der Waals surface area contributed by atoms with Crippen LogP contribution in [0.1, 0.15) is 37.5 Å². The first kappa shape index (κ1) is 21.4. The van der Waals surface area contributed by atoms with Gasteiger partial charge >= 0.3 is 0 Å². The minimum absolute atomic E-state index is 0.542. The van der Waals surface area contributed by atoms with Crippen molar-refractivity contribution < 1.29 is 14.2 Å². The lowest BCUT2D eigenvalue weighted by Crippen LogP contribution is -2.19. The number of aliphatic imine (C=N–C) groups is 1. The normalized spacial score (nSPS) is 12.6. The van der Waals surface area contributed by atoms with Gasteiger partial charge in [0.25, 0.3) is 0 Å². The van der Waals surface area contributed by atoms with Gasteiger partial charge in [-0.3, -0.25) is 5.43 Å². The van der Waals surface area contributed by atoms with E-state index in [9.17, 15) is 0 Å². The number of hydrogen-bond acceptors (Lipinski definition) is 6. The molecule has 3 aromatic rings. The molecule has 1 aliphatic heterocycles. The fraction of sp³-hybridized carbons (Fsp3) is 0.231. The molecule has 0 bridgehead atoms. The van der Waals surface area contributed by atoms with Gasteiger partial charge in [0.1, 0.15) is 11.5 Å². The first-order valence-electron chi connectivity index (χ1n) is 10.9. The van der Waals surface area contributed by atoms with Gasteiger partial charge in [-0.15, -0.1) is 0 Å². The molecule has 6 heteroatoms. The molecule has 0 saturated carbocycles. The summed E-state index contributed by atoms with van der Waals surface area (Å²) in [4.78, 5) is 4.87. The first-order valence-corrected chi connectivity index (χ1v) is 10.9. The van der Waals surface area contributed by atoms with Gasteiger partial charge in [0.15, 0.2) is 17.3 Å². The van der Waals surface area contributed by atoms with Crippen molar-refractivity contribution in [3.63, 3.8) is 0 Å². The van der Waals surface area contributed by atoms with Crippen LogP contribution in [-0.4, -0.2) is 31.4 Å². The Morgan fingerprint density at radius 3 is 2.22 bits per heavy atom. The van der Waals surface area contributed by atoms with Gasteiger partial charge < -0.3 is 14.2 Å². The molecule has 32 heavy (non-hydrogen) atoms. The van der Waals surface area contributed by atoms with E-state index in [0.29, 0.717) is 37.2 Å². The van der Waals surface area contributed by atoms with E-state index in [0.717, 1.165) is 33.8 Å². The number of ether oxygens (including phenoxy) is 3. The standard InChI is InChI=1S/C26H27N3O3/c1-4-30-20-13-14-22-21(17-20)25(28-29-26(27-22)18-10-8-7-9-11-18)19-12-15-23(31-5-2)24(16-19)32-6-3/h7-17H,4-6H2,1-3H3,(H,27,29). The summed E-state index contributed by atoms with van der Waals surface area (Å²) in [5.41, 5.74) is 7.45. The zero-order valence-corrected chi connectivity index (χ0v) is 18.6. The number of amidine groups is 1. The van der Waals surface area contributed by atoms with Gasteiger partial charge in [0, 0.05) is 16.7 Å². The molecule has 0 aromatic heterocycles. The van der Waals surface area contributed by atoms with Crippen LogP contribution in [0.5, 0.6) is 17.2 Å². The third-order valence-corrected chi connectivity index (χ3v) is 4.90. The SMILES string of the molecule is CCOc1ccc2c(c1)C(c1ccc(OCC)c(OCC)c1)=NNC(c1ccccc1)=N2. The molecule has 1 N–H and O–H groups in total. The molecule has 3 aromatic carbocycles. The summed E-state index contributed by atoms with van der Waals surface area (Å²) in [6, 6.07) is 21.7. The van der Waals surface area contributed by atoms with Crippen LogP contribution in [0.4, 0.5) is 5.69 Å². The monoisotopic (exact) mass is 429 g/mol. The summed E-state index contributed by atoms with van der Waals surface area (Å²) < 4.78 is 17.3. The number of hydrazone groups is 1. The topological polar surface area (TPSA) is 64.4 Å². The van der Waals surface area contributed by atoms with E-state index >= 15 is 0 Å². The third-order valence-electron chi connectivity index (χ3n) is 4.90. The van der Waals surface area contributed by atoms with Gasteiger partial charge in [-0.1, -0.05) is 30.3 Å². The highest BCUT2D eigenvalue weighted by atomic mass is 16.5. The van der Waals surface area contributed by atoms with Crippen molar-refractivity contribution in [2.75, 3.05) is 19.8 Å². The summed E-state index contributed by atoms with van der Waals surface area (Å²) in [6.07, 6.45) is 0. The Hall–Kier alpha value is -3.80. The van der Waals surface area contributed by atoms with Crippen molar-refractivity contribution in [1.29, 1.82) is 0 Å². The largest absolute Gasteiger partial charge is 0.494 e. The van der Waals surface area contributed by atoms with Gasteiger partial charge in [-0.05, 0) is 57.2 Å². The van der Waals surface area contributed by atoms with Crippen molar-refractivity contribution in [3.8, 4) is 17.2 Å². The summed E-state index contributed by atoms with van der Waals surface area (Å²) >= 11 is 0. The Morgan fingerprint density at radius 2 is 1.47 bits per heavy atom. The Labute approximate surface area is 188 Å². The van der Waals surface area contributed by atoms with E-state index in [1.54, 1.807) is 0 Å². The molecule has 0 radical (unpaired) electrons. The van der Waals surface area contributed by atoms with E-state index < -0.39 is 0 Å². The molecule has 0 spiro atoms. The average molecular weight is 430 g/mol. The maximum atomic E-state index is 5.84. The summed E-state index contributed by atoms with van der Waals surface area (Å²) in [5.74, 6) is 2.85. The highest BCUT2D eigenvalue weighted by Crippen LogP contribution is 2.33. The molecule has 4 rings (SSSR count). The molecule has 1 aliphatic rings. The van der Waals surface area contributed by atoms with Gasteiger partial charge in [-0.25, -0.2) is 4.99 Å². The summed E-state index contributed by atoms with van der Waals surface area (Å²) in [7, 11) is 0. The van der Waals surface area contributed by atoms with E-state index in [-0.39, 0.29) is 0 Å². The van der Waals surface area contributed by atoms with E-state index in [4.69, 9.17) is 24.3 Å². The highest BCUT2D eigenvalue weighted by molar-refractivity contribution is 6.18. The Bertz CT molecular complexity index is 1140. The van der Waals surface area contributed by atoms with Crippen LogP contribution in [0.25, 0.3) is 0 Å². The Balaban J connectivity index is 1.83. The van der Waals surface area contributed by atoms with Crippen LogP contribution in [0.15, 0.2) is 76.8 Å². The number of nitrogens with zero attached hydrogens (tertiary/aromatic N) is 2. The van der Waals surface area contributed by atoms with Crippen LogP contribution < -0.4 is 19.6 Å². The van der Waals surface area contributed by atoms with Crippen molar-refractivity contribution in [2.24, 2.45) is 10.1 Å². The highest BCUT2D eigenvalue weighted by Gasteiger charge is 2.20. The molecule has 6 nitrogen and oxygen atoms in total. The third kappa shape index (κ3) is 4.59. The molecule has 0 amide bonds. The summed E-state index contributed by atoms with van der Waals surface area (Å²) in [6.45, 7) is 7.57. The number of hydrogen-bond donors (Lipinski definition) is 1. The second kappa shape index (κ2) is 10.0. The molecule has 0 atom stereocenters. The maximum absolute atomic E-state index is 5.84. The fourth-order valence-corrected chi connectivity index (χ4v) is 3.52. The van der Waals surface area contributed by atoms with Crippen molar-refractivity contribution in [3.05, 3.63) is 83.4 Å². The summed E-state index contributed by atoms with van der Waals surface area (Å²) in [5, 5.41) is 4.75. The minimum Gasteiger partial charge on any atom is -0.494 e. The van der Waals surface area contributed by atoms with Crippen LogP contribution >= 0.6 is 0 Å². The van der Waals surface area contributed by atoms with E-state index in [1.165, 1.54) is 0 Å². The molecule has 0 fully saturated rings. The number of fused-ring (bicyclic) bond motifs is 1. The molecular weight excluding hydrogens is 402 g/mol. The van der Waals surface area contributed by atoms with E-state index in [1.807, 2.05) is 87.5 Å². The zero-order valence-electron chi connectivity index (χ0n) is 18.6. The second-order valence-electron chi connectivity index (χ2n) is 7.04. The number of nitrogens with one attached hydrogen (secondary N) is 1. The van der Waals surface area contributed by atoms with Crippen molar-refractivity contribution in [1.82, 2.24) is 5.43 Å². The zero-order chi connectivity index (χ0) is 22.3. The van der Waals surface area contributed by atoms with Crippen molar-refractivity contribution in [2.45, 2.75) is 20.8 Å². The smallest absolute Gasteiger partial charge is 0.161 e. The first-order chi connectivity index (χ1) is 15.7. The van der Waals surface area contributed by atoms with Crippen LogP contribution in [0.3, 0.4) is 0 Å². The van der Waals surface area contributed by atoms with Crippen LogP contribution in [-0.2, 0) is 0 Å². The molecule has 1 heterocycles. The predicted octanol–water partition coefficient (Wildman–Crippen LogP) is 5.32. The van der Waals surface area contributed by atoms with Gasteiger partial charge in [-0.2, -0.15) is 5.10 Å². The maximum Gasteiger partial charge on any atom is 0.161 e. The minimum atomic E-state index is 0.542. The average Bonchev–Trinajstić information content (AvgIpc) is 3.01. The fourth-order valence-electron chi connectivity index (χ4n) is 3.52. The van der Waals surface area contributed by atoms with Gasteiger partial charge in [0.05, 0.1) is 25.5 Å². The number of benzene rings is 3. The Morgan fingerprint density at radius 1 is 0.719 bits per heavy atom. The van der Waals surface area contributed by atoms with Gasteiger partial charge in [0.2, 0.25) is 0 Å².